The topological polar surface area (TPSA) is 146 Å². The third-order valence-corrected chi connectivity index (χ3v) is 12.9. The molecule has 0 aromatic heterocycles. The quantitative estimate of drug-likeness (QED) is 0.401. The molecule has 4 fully saturated rings. The predicted octanol–water partition coefficient (Wildman–Crippen LogP) is 4.33. The Kier molecular flexibility index (Phi) is 11.1. The molecule has 1 atom stereocenters. The van der Waals surface area contributed by atoms with Gasteiger partial charge in [-0.3, -0.25) is 4.79 Å². The molecule has 4 heterocycles. The van der Waals surface area contributed by atoms with Crippen molar-refractivity contribution in [1.82, 2.24) is 24.3 Å². The highest BCUT2D eigenvalue weighted by atomic mass is 32.2. The Morgan fingerprint density at radius 3 is 2.08 bits per heavy atom. The van der Waals surface area contributed by atoms with E-state index < -0.39 is 22.2 Å². The largest absolute Gasteiger partial charge is 0.436 e. The molecule has 4 amide bonds. The minimum Gasteiger partial charge on any atom is -0.436 e. The number of nitrogens with two attached hydrogens (primary N) is 1. The van der Waals surface area contributed by atoms with Gasteiger partial charge in [0.25, 0.3) is 5.91 Å². The third kappa shape index (κ3) is 8.30. The third-order valence-electron chi connectivity index (χ3n) is 11.6. The summed E-state index contributed by atoms with van der Waals surface area (Å²) >= 11 is 0. The number of nitrogens with one attached hydrogen (secondary N) is 1. The van der Waals surface area contributed by atoms with Crippen LogP contribution in [0.2, 0.25) is 0 Å². The Balaban J connectivity index is 1.07. The van der Waals surface area contributed by atoms with Crippen LogP contribution in [0.4, 0.5) is 15.3 Å². The van der Waals surface area contributed by atoms with Gasteiger partial charge in [-0.25, -0.2) is 22.3 Å². The summed E-state index contributed by atoms with van der Waals surface area (Å²) in [5.41, 5.74) is 11.8. The van der Waals surface area contributed by atoms with Crippen LogP contribution < -0.4 is 11.1 Å². The zero-order valence-corrected chi connectivity index (χ0v) is 30.7. The number of allylic oxidation sites excluding steroid dienone is 3. The first kappa shape index (κ1) is 36.2. The van der Waals surface area contributed by atoms with Crippen LogP contribution in [0, 0.1) is 25.7 Å². The number of rotatable bonds is 7. The second-order valence-corrected chi connectivity index (χ2v) is 16.9. The van der Waals surface area contributed by atoms with Gasteiger partial charge < -0.3 is 30.5 Å². The molecule has 13 heteroatoms. The Bertz CT molecular complexity index is 1600. The summed E-state index contributed by atoms with van der Waals surface area (Å²) in [6, 6.07) is 3.88. The number of carbonyl (C=O) groups excluding carboxylic acids is 3. The highest BCUT2D eigenvalue weighted by Crippen LogP contribution is 2.34. The summed E-state index contributed by atoms with van der Waals surface area (Å²) < 4.78 is 31.6. The number of amides is 4. The molecule has 0 bridgehead atoms. The maximum atomic E-state index is 14.1. The monoisotopic (exact) mass is 710 g/mol. The average Bonchev–Trinajstić information content (AvgIpc) is 3.27. The van der Waals surface area contributed by atoms with Gasteiger partial charge in [0.05, 0.1) is 6.26 Å². The van der Waals surface area contributed by atoms with Crippen molar-refractivity contribution in [1.29, 1.82) is 0 Å². The first-order valence-corrected chi connectivity index (χ1v) is 20.2. The van der Waals surface area contributed by atoms with Gasteiger partial charge in [0.1, 0.15) is 0 Å². The lowest BCUT2D eigenvalue weighted by atomic mass is 9.79. The Morgan fingerprint density at radius 2 is 1.46 bits per heavy atom. The average molecular weight is 711 g/mol. The lowest BCUT2D eigenvalue weighted by molar-refractivity contribution is -0.142. The van der Waals surface area contributed by atoms with Gasteiger partial charge in [0.15, 0.2) is 6.10 Å². The highest BCUT2D eigenvalue weighted by Gasteiger charge is 2.38. The van der Waals surface area contributed by atoms with E-state index in [9.17, 15) is 22.8 Å². The maximum Gasteiger partial charge on any atom is 0.410 e. The molecule has 274 valence electrons. The Labute approximate surface area is 297 Å². The Hall–Kier alpha value is -3.58. The number of aryl methyl sites for hydroxylation is 2. The van der Waals surface area contributed by atoms with Crippen molar-refractivity contribution in [2.24, 2.45) is 11.8 Å². The molecule has 0 unspecified atom stereocenters. The number of benzene rings is 1. The number of hydrogen-bond acceptors (Lipinski definition) is 7. The number of ether oxygens (including phenoxy) is 1. The van der Waals surface area contributed by atoms with E-state index in [0.717, 1.165) is 67.3 Å². The molecule has 1 aliphatic carbocycles. The van der Waals surface area contributed by atoms with Crippen molar-refractivity contribution in [3.8, 4) is 0 Å². The summed E-state index contributed by atoms with van der Waals surface area (Å²) in [5, 5.41) is 3.10. The number of sulfonamides is 1. The lowest BCUT2D eigenvalue weighted by Gasteiger charge is -2.40. The molecule has 50 heavy (non-hydrogen) atoms. The lowest BCUT2D eigenvalue weighted by Crippen LogP contribution is -2.52. The van der Waals surface area contributed by atoms with Crippen molar-refractivity contribution in [3.63, 3.8) is 0 Å². The first-order chi connectivity index (χ1) is 23.9. The summed E-state index contributed by atoms with van der Waals surface area (Å²) in [4.78, 5) is 46.3. The van der Waals surface area contributed by atoms with Crippen LogP contribution in [-0.4, -0.2) is 110 Å². The molecular weight excluding hydrogens is 657 g/mol. The van der Waals surface area contributed by atoms with Gasteiger partial charge in [-0.1, -0.05) is 24.3 Å². The van der Waals surface area contributed by atoms with Gasteiger partial charge in [0, 0.05) is 69.7 Å². The fraction of sp³-hybridized carbons (Fsp3) is 0.649. The molecule has 5 aliphatic rings. The van der Waals surface area contributed by atoms with E-state index in [1.165, 1.54) is 11.8 Å². The van der Waals surface area contributed by atoms with E-state index in [2.05, 4.69) is 17.5 Å². The van der Waals surface area contributed by atoms with E-state index in [1.807, 2.05) is 35.8 Å². The van der Waals surface area contributed by atoms with Gasteiger partial charge in [0.2, 0.25) is 10.0 Å². The maximum absolute atomic E-state index is 14.1. The number of likely N-dealkylation sites (tertiary alicyclic amines) is 2. The predicted molar refractivity (Wildman–Crippen MR) is 193 cm³/mol. The van der Waals surface area contributed by atoms with Crippen LogP contribution in [-0.2, 0) is 26.0 Å². The molecule has 3 N–H and O–H groups in total. The van der Waals surface area contributed by atoms with Crippen molar-refractivity contribution in [2.45, 2.75) is 90.2 Å². The van der Waals surface area contributed by atoms with Crippen molar-refractivity contribution >= 4 is 33.7 Å². The van der Waals surface area contributed by atoms with Crippen LogP contribution in [0.1, 0.15) is 74.5 Å². The van der Waals surface area contributed by atoms with E-state index >= 15 is 0 Å². The summed E-state index contributed by atoms with van der Waals surface area (Å²) in [5.74, 6) is 0.701. The summed E-state index contributed by atoms with van der Waals surface area (Å²) in [7, 11) is -3.17. The normalized spacial score (nSPS) is 22.6. The first-order valence-electron chi connectivity index (χ1n) is 18.4. The molecule has 4 aliphatic heterocycles. The Morgan fingerprint density at radius 1 is 0.880 bits per heavy atom. The van der Waals surface area contributed by atoms with Gasteiger partial charge >= 0.3 is 12.1 Å². The van der Waals surface area contributed by atoms with Crippen LogP contribution in [0.25, 0.3) is 0 Å². The molecular formula is C37H54N6O6S. The molecule has 1 aromatic rings. The van der Waals surface area contributed by atoms with Crippen LogP contribution in [0.5, 0.6) is 0 Å². The van der Waals surface area contributed by atoms with Crippen LogP contribution >= 0.6 is 0 Å². The minimum absolute atomic E-state index is 0.0264. The second-order valence-electron chi connectivity index (χ2n) is 14.9. The number of anilines is 1. The number of fused-ring (bicyclic) bond motifs is 1. The number of hydrogen-bond donors (Lipinski definition) is 2. The zero-order valence-electron chi connectivity index (χ0n) is 29.9. The van der Waals surface area contributed by atoms with Crippen LogP contribution in [0.3, 0.4) is 0 Å². The molecule has 0 spiro atoms. The van der Waals surface area contributed by atoms with E-state index in [1.54, 1.807) is 9.21 Å². The molecule has 1 aromatic carbocycles. The van der Waals surface area contributed by atoms with Crippen molar-refractivity contribution in [3.05, 3.63) is 52.2 Å². The zero-order chi connectivity index (χ0) is 35.6. The number of nitrogens with zero attached hydrogens (tertiary/aromatic N) is 4. The van der Waals surface area contributed by atoms with Crippen molar-refractivity contribution in [2.75, 3.05) is 57.8 Å². The molecule has 12 nitrogen and oxygen atoms in total. The van der Waals surface area contributed by atoms with E-state index in [4.69, 9.17) is 10.5 Å². The molecule has 4 saturated heterocycles. The van der Waals surface area contributed by atoms with E-state index in [0.29, 0.717) is 76.2 Å². The number of urea groups is 1. The second kappa shape index (κ2) is 15.3. The standard InChI is InChI=1S/C37H54N6O6S/c1-25-22-27(23-26(2)34(25)38)24-33(35(44)40-15-8-28(9-16-40)29-10-19-42(20-11-29)50(3,47)48)49-37(46)41-17-13-31(14-18-41)43-21-12-30-6-4-5-7-32(30)39-36(43)45/h6-7,22-23,28-29,31,33H,4-5,8-21,24,38H2,1-3H3,(H,39,45)/t33-/m1/s1. The molecule has 0 saturated carbocycles. The molecule has 0 radical (unpaired) electrons. The number of piperidine rings is 3. The number of carbonyl (C=O) groups is 3. The fourth-order valence-corrected chi connectivity index (χ4v) is 9.45. The van der Waals surface area contributed by atoms with Gasteiger partial charge in [-0.05, 0) is 106 Å². The van der Waals surface area contributed by atoms with Gasteiger partial charge in [-0.2, -0.15) is 0 Å². The van der Waals surface area contributed by atoms with E-state index in [-0.39, 0.29) is 24.4 Å². The smallest absolute Gasteiger partial charge is 0.410 e. The summed E-state index contributed by atoms with van der Waals surface area (Å²) in [6.07, 6.45) is 11.8. The minimum atomic E-state index is -3.17. The number of nitrogen functional groups attached to an aromatic ring is 1. The summed E-state index contributed by atoms with van der Waals surface area (Å²) in [6.45, 7) is 7.71. The van der Waals surface area contributed by atoms with Gasteiger partial charge in [-0.15, -0.1) is 0 Å². The van der Waals surface area contributed by atoms with Crippen molar-refractivity contribution < 1.29 is 27.5 Å². The fourth-order valence-electron chi connectivity index (χ4n) is 8.58. The molecule has 6 rings (SSSR count). The highest BCUT2D eigenvalue weighted by molar-refractivity contribution is 7.88. The SMILES string of the molecule is Cc1cc(C[C@@H](OC(=O)N2CCC(N3CCC4=CCCC=C4NC3=O)CC2)C(=O)N2CCC(C3CCN(S(C)(=O)=O)CC3)CC2)cc(C)c1N. The van der Waals surface area contributed by atoms with Crippen LogP contribution in [0.15, 0.2) is 35.6 Å².